The molecule has 14 nitrogen and oxygen atoms in total. The zero-order valence-electron chi connectivity index (χ0n) is 53.5. The molecule has 2 heterocycles. The van der Waals surface area contributed by atoms with Crippen molar-refractivity contribution < 1.29 is 69.0 Å². The highest BCUT2D eigenvalue weighted by Crippen LogP contribution is 2.27. The highest BCUT2D eigenvalue weighted by atomic mass is 16.7. The number of unbranched alkanes of at least 4 members (excludes halogenated alkanes) is 44. The average Bonchev–Trinajstić information content (AvgIpc) is 3.69. The highest BCUT2D eigenvalue weighted by molar-refractivity contribution is 5.69. The van der Waals surface area contributed by atoms with Gasteiger partial charge in [-0.05, 0) is 38.5 Å². The van der Waals surface area contributed by atoms with Crippen LogP contribution in [0.25, 0.3) is 0 Å². The number of aliphatic hydroxyl groups excluding tert-OH is 7. The molecular weight excluding hydrogens is 1050 g/mol. The fourth-order valence-corrected chi connectivity index (χ4v) is 11.6. The molecule has 492 valence electrons. The summed E-state index contributed by atoms with van der Waals surface area (Å²) in [5.74, 6) is -0.366. The van der Waals surface area contributed by atoms with E-state index in [0.29, 0.717) is 6.61 Å². The van der Waals surface area contributed by atoms with E-state index in [9.17, 15) is 40.5 Å². The smallest absolute Gasteiger partial charge is 0.306 e. The van der Waals surface area contributed by atoms with Crippen molar-refractivity contribution in [2.75, 3.05) is 33.0 Å². The minimum absolute atomic E-state index is 0.0690. The lowest BCUT2D eigenvalue weighted by molar-refractivity contribution is -0.332. The highest BCUT2D eigenvalue weighted by Gasteiger charge is 2.47. The van der Waals surface area contributed by atoms with E-state index in [1.165, 1.54) is 257 Å². The molecular formula is C69H132O14. The molecule has 0 aliphatic carbocycles. The van der Waals surface area contributed by atoms with Gasteiger partial charge in [0.15, 0.2) is 12.6 Å². The fourth-order valence-electron chi connectivity index (χ4n) is 11.6. The van der Waals surface area contributed by atoms with Crippen LogP contribution in [0.1, 0.15) is 322 Å². The van der Waals surface area contributed by atoms with Crippen LogP contribution >= 0.6 is 0 Å². The summed E-state index contributed by atoms with van der Waals surface area (Å²) in [6, 6.07) is 0. The van der Waals surface area contributed by atoms with Crippen LogP contribution in [0.2, 0.25) is 0 Å². The molecule has 0 amide bonds. The van der Waals surface area contributed by atoms with Crippen molar-refractivity contribution in [3.63, 3.8) is 0 Å². The summed E-state index contributed by atoms with van der Waals surface area (Å²) in [5, 5.41) is 72.6. The van der Waals surface area contributed by atoms with Gasteiger partial charge in [0.05, 0.1) is 26.4 Å². The summed E-state index contributed by atoms with van der Waals surface area (Å²) in [6.07, 6.45) is 50.1. The van der Waals surface area contributed by atoms with Gasteiger partial charge < -0.3 is 64.2 Å². The molecule has 0 bridgehead atoms. The van der Waals surface area contributed by atoms with Gasteiger partial charge in [0, 0.05) is 13.0 Å². The second kappa shape index (κ2) is 56.0. The standard InChI is InChI=1S/C69H132O14/c1-3-5-7-9-11-13-15-17-19-21-23-25-27-28-29-31-33-35-37-39-41-43-45-47-49-51-53-78-55-58(56-79-68-67(77)65(75)63(73)60(83-68)57-80-69-66(76)64(74)62(72)59(54-70)82-69)81-61(71)52-50-48-46-44-42-40-38-36-34-32-30-26-24-22-20-18-16-14-12-10-8-6-4-2/h21,23,58-60,62-70,72-77H,3-20,22,24-57H2,1-2H3/b23-21-. The summed E-state index contributed by atoms with van der Waals surface area (Å²) in [6.45, 7) is 3.78. The van der Waals surface area contributed by atoms with Crippen LogP contribution in [0, 0.1) is 0 Å². The van der Waals surface area contributed by atoms with Crippen molar-refractivity contribution in [3.8, 4) is 0 Å². The number of rotatable bonds is 60. The lowest BCUT2D eigenvalue weighted by Crippen LogP contribution is -2.61. The normalized spacial score (nSPS) is 23.4. The Balaban J connectivity index is 1.62. The van der Waals surface area contributed by atoms with E-state index in [0.717, 1.165) is 44.9 Å². The van der Waals surface area contributed by atoms with Crippen LogP contribution in [-0.4, -0.2) is 142 Å². The van der Waals surface area contributed by atoms with Crippen molar-refractivity contribution in [1.82, 2.24) is 0 Å². The van der Waals surface area contributed by atoms with Crippen LogP contribution in [0.4, 0.5) is 0 Å². The first kappa shape index (κ1) is 77.8. The molecule has 7 N–H and O–H groups in total. The van der Waals surface area contributed by atoms with Gasteiger partial charge >= 0.3 is 5.97 Å². The largest absolute Gasteiger partial charge is 0.457 e. The molecule has 0 aromatic rings. The molecule has 11 atom stereocenters. The van der Waals surface area contributed by atoms with Crippen molar-refractivity contribution >= 4 is 5.97 Å². The van der Waals surface area contributed by atoms with E-state index >= 15 is 0 Å². The molecule has 2 rings (SSSR count). The van der Waals surface area contributed by atoms with E-state index in [4.69, 9.17) is 28.4 Å². The van der Waals surface area contributed by atoms with Gasteiger partial charge in [-0.15, -0.1) is 0 Å². The van der Waals surface area contributed by atoms with Crippen LogP contribution in [-0.2, 0) is 33.2 Å². The average molecular weight is 1190 g/mol. The number of hydrogen-bond acceptors (Lipinski definition) is 14. The molecule has 0 saturated carbocycles. The predicted octanol–water partition coefficient (Wildman–Crippen LogP) is 14.9. The fraction of sp³-hybridized carbons (Fsp3) is 0.957. The molecule has 14 heteroatoms. The number of ether oxygens (including phenoxy) is 6. The van der Waals surface area contributed by atoms with E-state index in [2.05, 4.69) is 26.0 Å². The van der Waals surface area contributed by atoms with Gasteiger partial charge in [-0.2, -0.15) is 0 Å². The lowest BCUT2D eigenvalue weighted by atomic mass is 9.98. The van der Waals surface area contributed by atoms with Gasteiger partial charge in [-0.3, -0.25) is 4.79 Å². The number of aliphatic hydroxyl groups is 7. The molecule has 2 aliphatic heterocycles. The Hall–Kier alpha value is -1.27. The van der Waals surface area contributed by atoms with Gasteiger partial charge in [-0.25, -0.2) is 0 Å². The van der Waals surface area contributed by atoms with Crippen LogP contribution in [0.3, 0.4) is 0 Å². The number of hydrogen-bond donors (Lipinski definition) is 7. The van der Waals surface area contributed by atoms with Gasteiger partial charge in [0.25, 0.3) is 0 Å². The van der Waals surface area contributed by atoms with Gasteiger partial charge in [0.1, 0.15) is 54.9 Å². The summed E-state index contributed by atoms with van der Waals surface area (Å²) in [4.78, 5) is 13.2. The van der Waals surface area contributed by atoms with E-state index in [1.54, 1.807) is 0 Å². The molecule has 11 unspecified atom stereocenters. The Morgan fingerprint density at radius 2 is 0.711 bits per heavy atom. The second-order valence-corrected chi connectivity index (χ2v) is 25.1. The summed E-state index contributed by atoms with van der Waals surface area (Å²) >= 11 is 0. The molecule has 83 heavy (non-hydrogen) atoms. The van der Waals surface area contributed by atoms with Gasteiger partial charge in [-0.1, -0.05) is 289 Å². The van der Waals surface area contributed by atoms with Crippen LogP contribution in [0.15, 0.2) is 12.2 Å². The van der Waals surface area contributed by atoms with Crippen molar-refractivity contribution in [1.29, 1.82) is 0 Å². The van der Waals surface area contributed by atoms with E-state index < -0.39 is 80.7 Å². The molecule has 2 saturated heterocycles. The third kappa shape index (κ3) is 41.6. The summed E-state index contributed by atoms with van der Waals surface area (Å²) in [7, 11) is 0. The minimum Gasteiger partial charge on any atom is -0.457 e. The van der Waals surface area contributed by atoms with Gasteiger partial charge in [0.2, 0.25) is 0 Å². The third-order valence-electron chi connectivity index (χ3n) is 17.3. The summed E-state index contributed by atoms with van der Waals surface area (Å²) in [5.41, 5.74) is 0. The first-order chi connectivity index (χ1) is 40.6. The Bertz CT molecular complexity index is 1420. The molecule has 2 fully saturated rings. The zero-order chi connectivity index (χ0) is 60.1. The van der Waals surface area contributed by atoms with Crippen molar-refractivity contribution in [2.24, 2.45) is 0 Å². The van der Waals surface area contributed by atoms with E-state index in [-0.39, 0.29) is 25.6 Å². The number of esters is 1. The topological polar surface area (TPSA) is 214 Å². The zero-order valence-corrected chi connectivity index (χ0v) is 53.5. The maximum Gasteiger partial charge on any atom is 0.306 e. The van der Waals surface area contributed by atoms with Crippen molar-refractivity contribution in [3.05, 3.63) is 12.2 Å². The maximum absolute atomic E-state index is 13.2. The molecule has 0 aromatic heterocycles. The number of carbonyl (C=O) groups excluding carboxylic acids is 1. The summed E-state index contributed by atoms with van der Waals surface area (Å²) < 4.78 is 34.6. The Labute approximate surface area is 507 Å². The molecule has 0 aromatic carbocycles. The predicted molar refractivity (Wildman–Crippen MR) is 335 cm³/mol. The molecule has 0 spiro atoms. The Morgan fingerprint density at radius 1 is 0.386 bits per heavy atom. The van der Waals surface area contributed by atoms with Crippen LogP contribution < -0.4 is 0 Å². The maximum atomic E-state index is 13.2. The Morgan fingerprint density at radius 3 is 1.10 bits per heavy atom. The first-order valence-corrected chi connectivity index (χ1v) is 35.3. The minimum atomic E-state index is -1.70. The lowest BCUT2D eigenvalue weighted by Gasteiger charge is -2.42. The van der Waals surface area contributed by atoms with Crippen LogP contribution in [0.5, 0.6) is 0 Å². The SMILES string of the molecule is CCCCCCCCCC/C=C\CCCCCCCCCCCCCCCCOCC(COC1OC(COC2OC(CO)C(O)C(O)C2O)C(O)C(O)C1O)OC(=O)CCCCCCCCCCCCCCCCCCCCCCCCC. The van der Waals surface area contributed by atoms with E-state index in [1.807, 2.05) is 0 Å². The molecule has 0 radical (unpaired) electrons. The molecule has 2 aliphatic rings. The monoisotopic (exact) mass is 1180 g/mol. The second-order valence-electron chi connectivity index (χ2n) is 25.1. The number of allylic oxidation sites excluding steroid dienone is 2. The first-order valence-electron chi connectivity index (χ1n) is 35.3. The number of carbonyl (C=O) groups is 1. The third-order valence-corrected chi connectivity index (χ3v) is 17.3. The van der Waals surface area contributed by atoms with Crippen molar-refractivity contribution in [2.45, 2.75) is 390 Å². The quantitative estimate of drug-likeness (QED) is 0.0171. The Kier molecular flexibility index (Phi) is 52.5.